The molecule has 7 heteroatoms. The Labute approximate surface area is 160 Å². The third-order valence-corrected chi connectivity index (χ3v) is 6.55. The van der Waals surface area contributed by atoms with E-state index in [1.165, 1.54) is 44.8 Å². The van der Waals surface area contributed by atoms with Gasteiger partial charge in [-0.2, -0.15) is 0 Å². The van der Waals surface area contributed by atoms with Crippen LogP contribution in [-0.2, 0) is 16.6 Å². The monoisotopic (exact) mass is 387 g/mol. The van der Waals surface area contributed by atoms with Gasteiger partial charge >= 0.3 is 0 Å². The van der Waals surface area contributed by atoms with Crippen molar-refractivity contribution in [2.24, 2.45) is 0 Å². The van der Waals surface area contributed by atoms with E-state index in [1.807, 2.05) is 12.1 Å². The van der Waals surface area contributed by atoms with Gasteiger partial charge in [0, 0.05) is 45.0 Å². The molecule has 1 saturated heterocycles. The van der Waals surface area contributed by atoms with Gasteiger partial charge in [0.2, 0.25) is 10.0 Å². The van der Waals surface area contributed by atoms with Gasteiger partial charge in [-0.25, -0.2) is 12.7 Å². The van der Waals surface area contributed by atoms with E-state index < -0.39 is 10.0 Å². The van der Waals surface area contributed by atoms with Gasteiger partial charge in [0.15, 0.2) is 0 Å². The number of hydrogen-bond donors (Lipinski definition) is 1. The quantitative estimate of drug-likeness (QED) is 0.827. The Bertz CT molecular complexity index is 902. The number of nitrogens with zero attached hydrogens (tertiary/aromatic N) is 2. The Balaban J connectivity index is 1.64. The molecule has 2 aromatic rings. The predicted octanol–water partition coefficient (Wildman–Crippen LogP) is 2.47. The van der Waals surface area contributed by atoms with E-state index in [4.69, 9.17) is 0 Å². The number of nitrogens with one attached hydrogen (secondary N) is 1. The van der Waals surface area contributed by atoms with Crippen molar-refractivity contribution in [3.63, 3.8) is 0 Å². The van der Waals surface area contributed by atoms with E-state index in [1.54, 1.807) is 12.1 Å². The molecule has 1 aliphatic heterocycles. The van der Waals surface area contributed by atoms with Crippen LogP contribution in [0.3, 0.4) is 0 Å². The van der Waals surface area contributed by atoms with Crippen LogP contribution in [0.1, 0.15) is 28.8 Å². The number of carbonyl (C=O) groups excluding carboxylic acids is 1. The van der Waals surface area contributed by atoms with Gasteiger partial charge in [-0.05, 0) is 48.7 Å². The molecule has 0 aliphatic carbocycles. The average molecular weight is 388 g/mol. The lowest BCUT2D eigenvalue weighted by molar-refractivity contribution is 0.0950. The van der Waals surface area contributed by atoms with Crippen LogP contribution in [0, 0.1) is 0 Å². The minimum atomic E-state index is -3.56. The van der Waals surface area contributed by atoms with Crippen molar-refractivity contribution >= 4 is 21.6 Å². The Hall–Kier alpha value is -2.38. The van der Waals surface area contributed by atoms with Crippen molar-refractivity contribution in [1.29, 1.82) is 0 Å². The van der Waals surface area contributed by atoms with E-state index in [2.05, 4.69) is 22.3 Å². The van der Waals surface area contributed by atoms with E-state index in [9.17, 15) is 13.2 Å². The van der Waals surface area contributed by atoms with Gasteiger partial charge in [-0.3, -0.25) is 4.79 Å². The summed E-state index contributed by atoms with van der Waals surface area (Å²) in [4.78, 5) is 14.9. The largest absolute Gasteiger partial charge is 0.372 e. The van der Waals surface area contributed by atoms with Crippen LogP contribution < -0.4 is 10.2 Å². The Morgan fingerprint density at radius 1 is 1.07 bits per heavy atom. The Morgan fingerprint density at radius 2 is 1.74 bits per heavy atom. The molecule has 144 valence electrons. The number of rotatable bonds is 6. The number of amides is 1. The average Bonchev–Trinajstić information content (AvgIpc) is 3.21. The Kier molecular flexibility index (Phi) is 5.82. The highest BCUT2D eigenvalue weighted by Gasteiger charge is 2.18. The van der Waals surface area contributed by atoms with Crippen molar-refractivity contribution in [3.05, 3.63) is 59.7 Å². The molecule has 1 fully saturated rings. The maximum Gasteiger partial charge on any atom is 0.251 e. The summed E-state index contributed by atoms with van der Waals surface area (Å²) in [5, 5.41) is 2.85. The van der Waals surface area contributed by atoms with Gasteiger partial charge in [-0.1, -0.05) is 18.2 Å². The number of hydrogen-bond acceptors (Lipinski definition) is 4. The summed E-state index contributed by atoms with van der Waals surface area (Å²) in [6.45, 7) is 2.59. The molecule has 1 N–H and O–H groups in total. The maximum absolute atomic E-state index is 12.4. The maximum atomic E-state index is 12.4. The first kappa shape index (κ1) is 19.4. The van der Waals surface area contributed by atoms with E-state index >= 15 is 0 Å². The van der Waals surface area contributed by atoms with Gasteiger partial charge in [0.1, 0.15) is 0 Å². The predicted molar refractivity (Wildman–Crippen MR) is 106 cm³/mol. The molecule has 0 atom stereocenters. The van der Waals surface area contributed by atoms with Gasteiger partial charge in [-0.15, -0.1) is 0 Å². The number of sulfonamides is 1. The number of carbonyl (C=O) groups is 1. The van der Waals surface area contributed by atoms with Crippen molar-refractivity contribution in [2.45, 2.75) is 24.3 Å². The second kappa shape index (κ2) is 8.10. The molecule has 2 aromatic carbocycles. The third-order valence-electron chi connectivity index (χ3n) is 4.74. The van der Waals surface area contributed by atoms with Gasteiger partial charge in [0.25, 0.3) is 5.91 Å². The zero-order valence-corrected chi connectivity index (χ0v) is 16.5. The van der Waals surface area contributed by atoms with Gasteiger partial charge in [0.05, 0.1) is 4.90 Å². The second-order valence-electron chi connectivity index (χ2n) is 6.86. The summed E-state index contributed by atoms with van der Waals surface area (Å²) < 4.78 is 25.6. The number of anilines is 1. The molecule has 1 aliphatic rings. The lowest BCUT2D eigenvalue weighted by Crippen LogP contribution is -2.25. The summed E-state index contributed by atoms with van der Waals surface area (Å²) in [5.74, 6) is -0.297. The summed E-state index contributed by atoms with van der Waals surface area (Å²) in [6, 6.07) is 14.3. The van der Waals surface area contributed by atoms with Crippen LogP contribution in [0.2, 0.25) is 0 Å². The van der Waals surface area contributed by atoms with Crippen LogP contribution in [0.15, 0.2) is 53.4 Å². The molecule has 1 amide bonds. The highest BCUT2D eigenvalue weighted by Crippen LogP contribution is 2.20. The molecule has 1 heterocycles. The molecule has 0 unspecified atom stereocenters. The molecule has 0 bridgehead atoms. The van der Waals surface area contributed by atoms with Crippen LogP contribution >= 0.6 is 0 Å². The highest BCUT2D eigenvalue weighted by atomic mass is 32.2. The molecule has 0 aromatic heterocycles. The fourth-order valence-corrected chi connectivity index (χ4v) is 4.04. The topological polar surface area (TPSA) is 69.7 Å². The molecular weight excluding hydrogens is 362 g/mol. The fraction of sp³-hybridized carbons (Fsp3) is 0.350. The van der Waals surface area contributed by atoms with Crippen molar-refractivity contribution in [2.75, 3.05) is 32.1 Å². The first-order chi connectivity index (χ1) is 12.9. The molecule has 0 spiro atoms. The van der Waals surface area contributed by atoms with E-state index in [-0.39, 0.29) is 10.8 Å². The summed E-state index contributed by atoms with van der Waals surface area (Å²) in [5.41, 5.74) is 2.54. The molecule has 0 radical (unpaired) electrons. The van der Waals surface area contributed by atoms with Crippen molar-refractivity contribution in [3.8, 4) is 0 Å². The fourth-order valence-electron chi connectivity index (χ4n) is 3.09. The third kappa shape index (κ3) is 4.48. The zero-order chi connectivity index (χ0) is 19.4. The first-order valence-electron chi connectivity index (χ1n) is 9.02. The zero-order valence-electron chi connectivity index (χ0n) is 15.7. The van der Waals surface area contributed by atoms with E-state index in [0.717, 1.165) is 23.0 Å². The number of benzene rings is 2. The highest BCUT2D eigenvalue weighted by molar-refractivity contribution is 7.89. The Morgan fingerprint density at radius 3 is 2.37 bits per heavy atom. The second-order valence-corrected chi connectivity index (χ2v) is 9.01. The van der Waals surface area contributed by atoms with Crippen LogP contribution in [0.4, 0.5) is 5.69 Å². The standard InChI is InChI=1S/C20H25N3O3S/c1-22(2)27(25,26)19-7-5-6-17(14-19)20(24)21-15-16-8-10-18(11-9-16)23-12-3-4-13-23/h5-11,14H,3-4,12-13,15H2,1-2H3,(H,21,24). The van der Waals surface area contributed by atoms with Crippen molar-refractivity contribution < 1.29 is 13.2 Å². The summed E-state index contributed by atoms with van der Waals surface area (Å²) in [6.07, 6.45) is 2.47. The molecule has 27 heavy (non-hydrogen) atoms. The van der Waals surface area contributed by atoms with Crippen molar-refractivity contribution in [1.82, 2.24) is 9.62 Å². The van der Waals surface area contributed by atoms with Crippen LogP contribution in [-0.4, -0.2) is 45.8 Å². The van der Waals surface area contributed by atoms with Crippen LogP contribution in [0.5, 0.6) is 0 Å². The minimum Gasteiger partial charge on any atom is -0.372 e. The molecule has 3 rings (SSSR count). The van der Waals surface area contributed by atoms with Gasteiger partial charge < -0.3 is 10.2 Å². The first-order valence-corrected chi connectivity index (χ1v) is 10.5. The summed E-state index contributed by atoms with van der Waals surface area (Å²) >= 11 is 0. The summed E-state index contributed by atoms with van der Waals surface area (Å²) in [7, 11) is -0.632. The molecule has 0 saturated carbocycles. The molecular formula is C20H25N3O3S. The van der Waals surface area contributed by atoms with Crippen LogP contribution in [0.25, 0.3) is 0 Å². The van der Waals surface area contributed by atoms with E-state index in [0.29, 0.717) is 12.1 Å². The lowest BCUT2D eigenvalue weighted by atomic mass is 10.1. The smallest absolute Gasteiger partial charge is 0.251 e. The molecule has 6 nitrogen and oxygen atoms in total. The lowest BCUT2D eigenvalue weighted by Gasteiger charge is -2.17. The normalized spacial score (nSPS) is 14.6. The minimum absolute atomic E-state index is 0.107. The SMILES string of the molecule is CN(C)S(=O)(=O)c1cccc(C(=O)NCc2ccc(N3CCCC3)cc2)c1.